The Morgan fingerprint density at radius 1 is 1.22 bits per heavy atom. The van der Waals surface area contributed by atoms with Crippen LogP contribution in [0.5, 0.6) is 5.75 Å². The van der Waals surface area contributed by atoms with E-state index in [9.17, 15) is 9.59 Å². The fourth-order valence-electron chi connectivity index (χ4n) is 2.45. The van der Waals surface area contributed by atoms with E-state index in [0.717, 1.165) is 17.1 Å². The van der Waals surface area contributed by atoms with E-state index in [1.807, 2.05) is 19.1 Å². The van der Waals surface area contributed by atoms with E-state index in [4.69, 9.17) is 9.47 Å². The summed E-state index contributed by atoms with van der Waals surface area (Å²) in [6.07, 6.45) is 1.51. The molecule has 0 saturated heterocycles. The third-order valence-corrected chi connectivity index (χ3v) is 5.01. The summed E-state index contributed by atoms with van der Waals surface area (Å²) < 4.78 is 10.4. The summed E-state index contributed by atoms with van der Waals surface area (Å²) in [5.74, 6) is 0.708. The van der Waals surface area contributed by atoms with Gasteiger partial charge in [0.25, 0.3) is 0 Å². The SMILES string of the molecule is CCc1nc(NC(=O)CCCOc2ccc(C(C)C)cc2)sc1C(=O)OC. The Balaban J connectivity index is 1.78. The number of nitrogens with one attached hydrogen (secondary N) is 1. The number of benzene rings is 1. The molecule has 0 unspecified atom stereocenters. The molecule has 2 aromatic rings. The molecule has 2 rings (SSSR count). The number of carbonyl (C=O) groups is 2. The van der Waals surface area contributed by atoms with E-state index < -0.39 is 5.97 Å². The predicted molar refractivity (Wildman–Crippen MR) is 107 cm³/mol. The molecule has 0 bridgehead atoms. The van der Waals surface area contributed by atoms with E-state index in [1.165, 1.54) is 12.7 Å². The summed E-state index contributed by atoms with van der Waals surface area (Å²) in [6, 6.07) is 8.01. The minimum Gasteiger partial charge on any atom is -0.494 e. The lowest BCUT2D eigenvalue weighted by Crippen LogP contribution is -2.12. The first-order valence-electron chi connectivity index (χ1n) is 9.05. The van der Waals surface area contributed by atoms with Crippen LogP contribution < -0.4 is 10.1 Å². The maximum absolute atomic E-state index is 12.1. The maximum atomic E-state index is 12.1. The van der Waals surface area contributed by atoms with Gasteiger partial charge in [-0.05, 0) is 36.5 Å². The van der Waals surface area contributed by atoms with Crippen LogP contribution in [0.25, 0.3) is 0 Å². The molecule has 6 nitrogen and oxygen atoms in total. The van der Waals surface area contributed by atoms with Gasteiger partial charge in [-0.2, -0.15) is 0 Å². The van der Waals surface area contributed by atoms with Crippen LogP contribution >= 0.6 is 11.3 Å². The number of rotatable bonds is 9. The van der Waals surface area contributed by atoms with Crippen molar-refractivity contribution in [3.8, 4) is 5.75 Å². The molecule has 0 radical (unpaired) electrons. The third kappa shape index (κ3) is 6.06. The highest BCUT2D eigenvalue weighted by Gasteiger charge is 2.18. The molecule has 27 heavy (non-hydrogen) atoms. The van der Waals surface area contributed by atoms with Gasteiger partial charge in [0.05, 0.1) is 19.4 Å². The zero-order chi connectivity index (χ0) is 19.8. The summed E-state index contributed by atoms with van der Waals surface area (Å²) in [7, 11) is 1.33. The fraction of sp³-hybridized carbons (Fsp3) is 0.450. The molecular formula is C20H26N2O4S. The van der Waals surface area contributed by atoms with Gasteiger partial charge in [-0.1, -0.05) is 44.2 Å². The molecule has 1 aromatic heterocycles. The maximum Gasteiger partial charge on any atom is 0.350 e. The van der Waals surface area contributed by atoms with Crippen LogP contribution in [-0.4, -0.2) is 30.6 Å². The number of hydrogen-bond donors (Lipinski definition) is 1. The lowest BCUT2D eigenvalue weighted by Gasteiger charge is -2.08. The lowest BCUT2D eigenvalue weighted by atomic mass is 10.0. The molecule has 0 aliphatic heterocycles. The van der Waals surface area contributed by atoms with E-state index in [1.54, 1.807) is 0 Å². The van der Waals surface area contributed by atoms with Crippen LogP contribution in [0, 0.1) is 0 Å². The third-order valence-electron chi connectivity index (χ3n) is 4.01. The number of aromatic nitrogens is 1. The van der Waals surface area contributed by atoms with Crippen molar-refractivity contribution in [1.29, 1.82) is 0 Å². The van der Waals surface area contributed by atoms with Crippen LogP contribution in [0.3, 0.4) is 0 Å². The van der Waals surface area contributed by atoms with Crippen molar-refractivity contribution in [2.24, 2.45) is 0 Å². The van der Waals surface area contributed by atoms with Gasteiger partial charge in [0, 0.05) is 6.42 Å². The summed E-state index contributed by atoms with van der Waals surface area (Å²) >= 11 is 1.14. The number of methoxy groups -OCH3 is 1. The van der Waals surface area contributed by atoms with Gasteiger partial charge in [0.15, 0.2) is 5.13 Å². The van der Waals surface area contributed by atoms with Crippen LogP contribution in [0.15, 0.2) is 24.3 Å². The van der Waals surface area contributed by atoms with Crippen LogP contribution in [0.1, 0.15) is 60.5 Å². The Labute approximate surface area is 163 Å². The van der Waals surface area contributed by atoms with Gasteiger partial charge in [-0.3, -0.25) is 4.79 Å². The van der Waals surface area contributed by atoms with E-state index >= 15 is 0 Å². The smallest absolute Gasteiger partial charge is 0.350 e. The first-order chi connectivity index (χ1) is 12.9. The van der Waals surface area contributed by atoms with Gasteiger partial charge in [0.2, 0.25) is 5.91 Å². The molecule has 1 amide bonds. The van der Waals surface area contributed by atoms with Crippen molar-refractivity contribution in [3.63, 3.8) is 0 Å². The molecule has 146 valence electrons. The molecule has 0 fully saturated rings. The number of thiazole rings is 1. The summed E-state index contributed by atoms with van der Waals surface area (Å²) in [4.78, 5) is 28.5. The topological polar surface area (TPSA) is 77.5 Å². The molecule has 0 saturated carbocycles. The van der Waals surface area contributed by atoms with Crippen molar-refractivity contribution >= 4 is 28.3 Å². The van der Waals surface area contributed by atoms with Crippen molar-refractivity contribution < 1.29 is 19.1 Å². The number of carbonyl (C=O) groups excluding carboxylic acids is 2. The number of aryl methyl sites for hydroxylation is 1. The zero-order valence-electron chi connectivity index (χ0n) is 16.2. The Morgan fingerprint density at radius 2 is 1.93 bits per heavy atom. The second-order valence-electron chi connectivity index (χ2n) is 6.36. The average molecular weight is 391 g/mol. The molecule has 1 N–H and O–H groups in total. The van der Waals surface area contributed by atoms with E-state index in [0.29, 0.717) is 47.5 Å². The van der Waals surface area contributed by atoms with Crippen LogP contribution in [0.4, 0.5) is 5.13 Å². The number of ether oxygens (including phenoxy) is 2. The molecule has 0 aliphatic carbocycles. The van der Waals surface area contributed by atoms with Gasteiger partial charge >= 0.3 is 5.97 Å². The molecule has 7 heteroatoms. The summed E-state index contributed by atoms with van der Waals surface area (Å²) in [5.41, 5.74) is 1.90. The lowest BCUT2D eigenvalue weighted by molar-refractivity contribution is -0.116. The molecule has 1 aromatic carbocycles. The summed E-state index contributed by atoms with van der Waals surface area (Å²) in [6.45, 7) is 6.65. The first kappa shape index (κ1) is 20.9. The molecule has 0 spiro atoms. The van der Waals surface area contributed by atoms with Crippen molar-refractivity contribution in [2.45, 2.75) is 46.0 Å². The van der Waals surface area contributed by atoms with Crippen LogP contribution in [0.2, 0.25) is 0 Å². The van der Waals surface area contributed by atoms with Crippen molar-refractivity contribution in [3.05, 3.63) is 40.4 Å². The summed E-state index contributed by atoms with van der Waals surface area (Å²) in [5, 5.41) is 3.16. The van der Waals surface area contributed by atoms with Gasteiger partial charge in [-0.15, -0.1) is 0 Å². The molecule has 0 aliphatic rings. The second kappa shape index (κ2) is 10.1. The second-order valence-corrected chi connectivity index (χ2v) is 7.36. The monoisotopic (exact) mass is 390 g/mol. The number of hydrogen-bond acceptors (Lipinski definition) is 6. The molecule has 1 heterocycles. The highest BCUT2D eigenvalue weighted by Crippen LogP contribution is 2.24. The number of amides is 1. The fourth-order valence-corrected chi connectivity index (χ4v) is 3.44. The molecular weight excluding hydrogens is 364 g/mol. The van der Waals surface area contributed by atoms with Crippen molar-refractivity contribution in [2.75, 3.05) is 19.0 Å². The first-order valence-corrected chi connectivity index (χ1v) is 9.86. The zero-order valence-corrected chi connectivity index (χ0v) is 17.0. The minimum absolute atomic E-state index is 0.151. The minimum atomic E-state index is -0.429. The number of nitrogens with zero attached hydrogens (tertiary/aromatic N) is 1. The Hall–Kier alpha value is -2.41. The quantitative estimate of drug-likeness (QED) is 0.507. The van der Waals surface area contributed by atoms with Crippen molar-refractivity contribution in [1.82, 2.24) is 4.98 Å². The average Bonchev–Trinajstić information content (AvgIpc) is 3.07. The Kier molecular flexibility index (Phi) is 7.79. The van der Waals surface area contributed by atoms with E-state index in [2.05, 4.69) is 36.3 Å². The number of anilines is 1. The van der Waals surface area contributed by atoms with Gasteiger partial charge in [0.1, 0.15) is 10.6 Å². The Bertz CT molecular complexity index is 769. The van der Waals surface area contributed by atoms with Gasteiger partial charge in [-0.25, -0.2) is 9.78 Å². The Morgan fingerprint density at radius 3 is 2.52 bits per heavy atom. The van der Waals surface area contributed by atoms with E-state index in [-0.39, 0.29) is 5.91 Å². The predicted octanol–water partition coefficient (Wildman–Crippen LogP) is 4.41. The number of esters is 1. The van der Waals surface area contributed by atoms with Gasteiger partial charge < -0.3 is 14.8 Å². The normalized spacial score (nSPS) is 10.7. The standard InChI is InChI=1S/C20H26N2O4S/c1-5-16-18(19(24)25-4)27-20(21-16)22-17(23)7-6-12-26-15-10-8-14(9-11-15)13(2)3/h8-11,13H,5-7,12H2,1-4H3,(H,21,22,23). The highest BCUT2D eigenvalue weighted by molar-refractivity contribution is 7.17. The largest absolute Gasteiger partial charge is 0.494 e. The highest BCUT2D eigenvalue weighted by atomic mass is 32.1. The van der Waals surface area contributed by atoms with Crippen LogP contribution in [-0.2, 0) is 16.0 Å². The molecule has 0 atom stereocenters.